The monoisotopic (exact) mass is 456 g/mol. The average molecular weight is 457 g/mol. The van der Waals surface area contributed by atoms with Gasteiger partial charge in [0.05, 0.1) is 27.4 Å². The molecule has 0 aliphatic carbocycles. The minimum absolute atomic E-state index is 0.202. The lowest BCUT2D eigenvalue weighted by Crippen LogP contribution is -2.53. The fourth-order valence-corrected chi connectivity index (χ4v) is 4.21. The van der Waals surface area contributed by atoms with Crippen molar-refractivity contribution in [3.05, 3.63) is 53.1 Å². The summed E-state index contributed by atoms with van der Waals surface area (Å²) in [5.74, 6) is 0.668. The van der Waals surface area contributed by atoms with Crippen molar-refractivity contribution < 1.29 is 28.9 Å². The average Bonchev–Trinajstić information content (AvgIpc) is 2.84. The molecule has 1 heterocycles. The Balaban J connectivity index is 2.06. The fourth-order valence-electron chi connectivity index (χ4n) is 4.21. The van der Waals surface area contributed by atoms with Gasteiger partial charge < -0.3 is 29.5 Å². The van der Waals surface area contributed by atoms with Crippen LogP contribution in [0.4, 0.5) is 4.79 Å². The van der Waals surface area contributed by atoms with E-state index in [1.807, 2.05) is 50.2 Å². The molecule has 2 N–H and O–H groups in total. The molecule has 1 aliphatic rings. The van der Waals surface area contributed by atoms with Crippen molar-refractivity contribution >= 4 is 12.0 Å². The molecule has 0 unspecified atom stereocenters. The van der Waals surface area contributed by atoms with Gasteiger partial charge in [0.2, 0.25) is 0 Å². The van der Waals surface area contributed by atoms with Crippen molar-refractivity contribution in [3.63, 3.8) is 0 Å². The predicted octanol–water partition coefficient (Wildman–Crippen LogP) is 3.87. The highest BCUT2D eigenvalue weighted by atomic mass is 16.5. The first-order chi connectivity index (χ1) is 15.8. The highest BCUT2D eigenvalue weighted by molar-refractivity contribution is 5.83. The van der Waals surface area contributed by atoms with Gasteiger partial charge in [0, 0.05) is 6.54 Å². The second kappa shape index (κ2) is 10.5. The second-order valence-corrected chi connectivity index (χ2v) is 8.18. The number of amides is 2. The van der Waals surface area contributed by atoms with Crippen molar-refractivity contribution in [2.45, 2.75) is 38.8 Å². The summed E-state index contributed by atoms with van der Waals surface area (Å²) < 4.78 is 16.3. The van der Waals surface area contributed by atoms with E-state index in [1.54, 1.807) is 26.2 Å². The van der Waals surface area contributed by atoms with E-state index in [4.69, 9.17) is 14.2 Å². The Morgan fingerprint density at radius 2 is 1.73 bits per heavy atom. The Morgan fingerprint density at radius 3 is 2.27 bits per heavy atom. The van der Waals surface area contributed by atoms with Crippen molar-refractivity contribution in [2.24, 2.45) is 5.92 Å². The molecule has 0 radical (unpaired) electrons. The van der Waals surface area contributed by atoms with E-state index in [9.17, 15) is 14.7 Å². The first kappa shape index (κ1) is 24.2. The molecule has 33 heavy (non-hydrogen) atoms. The molecule has 8 nitrogen and oxygen atoms in total. The maximum Gasteiger partial charge on any atom is 0.326 e. The zero-order chi connectivity index (χ0) is 24.1. The second-order valence-electron chi connectivity index (χ2n) is 8.18. The Bertz CT molecular complexity index is 991. The summed E-state index contributed by atoms with van der Waals surface area (Å²) >= 11 is 0. The van der Waals surface area contributed by atoms with Crippen molar-refractivity contribution in [1.82, 2.24) is 10.2 Å². The van der Waals surface area contributed by atoms with E-state index in [1.165, 1.54) is 0 Å². The number of aliphatic carboxylic acids is 1. The van der Waals surface area contributed by atoms with Gasteiger partial charge in [-0.2, -0.15) is 0 Å². The van der Waals surface area contributed by atoms with Crippen LogP contribution in [-0.2, 0) is 11.2 Å². The van der Waals surface area contributed by atoms with Crippen LogP contribution in [-0.4, -0.2) is 55.9 Å². The SMILES string of the molecule is CC[C@@H](C)[C@H](NC(=O)N1CCc2cc(OC)c(OC)cc2[C@H]1c1ccc(OC)cc1)C(=O)O. The van der Waals surface area contributed by atoms with Gasteiger partial charge in [-0.3, -0.25) is 0 Å². The topological polar surface area (TPSA) is 97.3 Å². The van der Waals surface area contributed by atoms with Crippen molar-refractivity contribution in [2.75, 3.05) is 27.9 Å². The molecule has 0 saturated carbocycles. The lowest BCUT2D eigenvalue weighted by Gasteiger charge is -2.39. The van der Waals surface area contributed by atoms with Gasteiger partial charge in [0.1, 0.15) is 11.8 Å². The largest absolute Gasteiger partial charge is 0.497 e. The van der Waals surface area contributed by atoms with Gasteiger partial charge in [-0.15, -0.1) is 0 Å². The number of carboxylic acids is 1. The first-order valence-electron chi connectivity index (χ1n) is 11.0. The molecule has 2 aromatic carbocycles. The van der Waals surface area contributed by atoms with Crippen LogP contribution < -0.4 is 19.5 Å². The quantitative estimate of drug-likeness (QED) is 0.626. The molecule has 0 spiro atoms. The first-order valence-corrected chi connectivity index (χ1v) is 11.0. The number of nitrogens with zero attached hydrogens (tertiary/aromatic N) is 1. The molecule has 3 rings (SSSR count). The molecule has 0 saturated heterocycles. The molecule has 1 aliphatic heterocycles. The number of ether oxygens (including phenoxy) is 3. The molecular weight excluding hydrogens is 424 g/mol. The minimum atomic E-state index is -1.04. The molecule has 2 aromatic rings. The maximum atomic E-state index is 13.4. The van der Waals surface area contributed by atoms with Gasteiger partial charge in [-0.05, 0) is 53.3 Å². The molecule has 0 aromatic heterocycles. The Kier molecular flexibility index (Phi) is 7.68. The molecule has 178 valence electrons. The van der Waals surface area contributed by atoms with Crippen LogP contribution in [0.1, 0.15) is 43.0 Å². The van der Waals surface area contributed by atoms with E-state index < -0.39 is 24.1 Å². The van der Waals surface area contributed by atoms with Crippen molar-refractivity contribution in [3.8, 4) is 17.2 Å². The summed E-state index contributed by atoms with van der Waals surface area (Å²) in [7, 11) is 4.76. The van der Waals surface area contributed by atoms with E-state index in [2.05, 4.69) is 5.32 Å². The summed E-state index contributed by atoms with van der Waals surface area (Å²) in [5, 5.41) is 12.4. The Morgan fingerprint density at radius 1 is 1.09 bits per heavy atom. The van der Waals surface area contributed by atoms with E-state index >= 15 is 0 Å². The van der Waals surface area contributed by atoms with Crippen molar-refractivity contribution in [1.29, 1.82) is 0 Å². The number of carbonyl (C=O) groups is 2. The molecule has 0 fully saturated rings. The Labute approximate surface area is 194 Å². The lowest BCUT2D eigenvalue weighted by atomic mass is 9.87. The van der Waals surface area contributed by atoms with E-state index in [0.717, 1.165) is 16.7 Å². The fraction of sp³-hybridized carbons (Fsp3) is 0.440. The smallest absolute Gasteiger partial charge is 0.326 e. The number of hydrogen-bond donors (Lipinski definition) is 2. The maximum absolute atomic E-state index is 13.4. The number of carbonyl (C=O) groups excluding carboxylic acids is 1. The van der Waals surface area contributed by atoms with E-state index in [0.29, 0.717) is 36.6 Å². The van der Waals surface area contributed by atoms with E-state index in [-0.39, 0.29) is 5.92 Å². The van der Waals surface area contributed by atoms with Crippen LogP contribution in [0.15, 0.2) is 36.4 Å². The van der Waals surface area contributed by atoms with Crippen LogP contribution in [0.25, 0.3) is 0 Å². The summed E-state index contributed by atoms with van der Waals surface area (Å²) in [6.45, 7) is 4.16. The summed E-state index contributed by atoms with van der Waals surface area (Å²) in [6.07, 6.45) is 1.25. The summed E-state index contributed by atoms with van der Waals surface area (Å²) in [6, 6.07) is 9.56. The number of methoxy groups -OCH3 is 3. The third kappa shape index (κ3) is 4.99. The lowest BCUT2D eigenvalue weighted by molar-refractivity contribution is -0.140. The molecule has 0 bridgehead atoms. The van der Waals surface area contributed by atoms with Crippen LogP contribution >= 0.6 is 0 Å². The highest BCUT2D eigenvalue weighted by Crippen LogP contribution is 2.41. The van der Waals surface area contributed by atoms with Gasteiger partial charge >= 0.3 is 12.0 Å². The molecule has 2 amide bonds. The van der Waals surface area contributed by atoms with Crippen LogP contribution in [0.3, 0.4) is 0 Å². The normalized spacial score (nSPS) is 16.9. The molecule has 3 atom stereocenters. The van der Waals surface area contributed by atoms with Gasteiger partial charge in [-0.25, -0.2) is 9.59 Å². The number of nitrogens with one attached hydrogen (secondary N) is 1. The number of hydrogen-bond acceptors (Lipinski definition) is 5. The molecule has 8 heteroatoms. The van der Waals surface area contributed by atoms with Gasteiger partial charge in [-0.1, -0.05) is 32.4 Å². The Hall–Kier alpha value is -3.42. The van der Waals surface area contributed by atoms with Crippen LogP contribution in [0, 0.1) is 5.92 Å². The number of benzene rings is 2. The van der Waals surface area contributed by atoms with Crippen LogP contribution in [0.2, 0.25) is 0 Å². The standard InChI is InChI=1S/C25H32N2O6/c1-6-15(2)22(24(28)29)26-25(30)27-12-11-17-13-20(32-4)21(33-5)14-19(17)23(27)16-7-9-18(31-3)10-8-16/h7-10,13-15,22-23H,6,11-12H2,1-5H3,(H,26,30)(H,28,29)/t15-,22+,23-/m1/s1. The number of rotatable bonds is 8. The minimum Gasteiger partial charge on any atom is -0.497 e. The number of fused-ring (bicyclic) bond motifs is 1. The predicted molar refractivity (Wildman–Crippen MR) is 124 cm³/mol. The zero-order valence-electron chi connectivity index (χ0n) is 19.8. The number of carboxylic acid groups (broad SMARTS) is 1. The summed E-state index contributed by atoms with van der Waals surface area (Å²) in [4.78, 5) is 26.9. The number of urea groups is 1. The third-order valence-corrected chi connectivity index (χ3v) is 6.32. The third-order valence-electron chi connectivity index (χ3n) is 6.32. The summed E-state index contributed by atoms with van der Waals surface area (Å²) in [5.41, 5.74) is 2.85. The van der Waals surface area contributed by atoms with Gasteiger partial charge in [0.25, 0.3) is 0 Å². The van der Waals surface area contributed by atoms with Gasteiger partial charge in [0.15, 0.2) is 11.5 Å². The highest BCUT2D eigenvalue weighted by Gasteiger charge is 2.36. The molecular formula is C25H32N2O6. The zero-order valence-corrected chi connectivity index (χ0v) is 19.8. The van der Waals surface area contributed by atoms with Crippen LogP contribution in [0.5, 0.6) is 17.2 Å².